The number of benzene rings is 1. The molecule has 2 rings (SSSR count). The minimum absolute atomic E-state index is 0.238. The molecule has 1 aromatic carbocycles. The van der Waals surface area contributed by atoms with Crippen LogP contribution in [0.15, 0.2) is 18.2 Å². The zero-order chi connectivity index (χ0) is 11.0. The van der Waals surface area contributed by atoms with Gasteiger partial charge in [0.15, 0.2) is 0 Å². The fourth-order valence-corrected chi connectivity index (χ4v) is 2.97. The van der Waals surface area contributed by atoms with Crippen LogP contribution in [-0.2, 0) is 0 Å². The molecule has 1 nitrogen and oxygen atoms in total. The van der Waals surface area contributed by atoms with Crippen LogP contribution in [0.2, 0.25) is 0 Å². The van der Waals surface area contributed by atoms with Gasteiger partial charge in [-0.1, -0.05) is 28.9 Å². The smallest absolute Gasteiger partial charge is 0.387 e. The first-order valence-electron chi connectivity index (χ1n) is 4.80. The molecule has 0 saturated carbocycles. The highest BCUT2D eigenvalue weighted by Crippen LogP contribution is 2.46. The molecule has 82 valence electrons. The Bertz CT molecular complexity index is 368. The third-order valence-electron chi connectivity index (χ3n) is 2.71. The Morgan fingerprint density at radius 3 is 2.80 bits per heavy atom. The van der Waals surface area contributed by atoms with E-state index in [1.807, 2.05) is 6.07 Å². The zero-order valence-electron chi connectivity index (χ0n) is 8.21. The number of hydrogen-bond acceptors (Lipinski definition) is 1. The third-order valence-corrected chi connectivity index (χ3v) is 3.58. The van der Waals surface area contributed by atoms with Crippen molar-refractivity contribution in [3.8, 4) is 5.75 Å². The molecule has 15 heavy (non-hydrogen) atoms. The molecule has 0 amide bonds. The SMILES string of the molecule is CC1CC(Br)c2cc(OC(F)F)ccc21. The molecule has 0 radical (unpaired) electrons. The lowest BCUT2D eigenvalue weighted by molar-refractivity contribution is -0.0498. The number of fused-ring (bicyclic) bond motifs is 1. The molecule has 0 N–H and O–H groups in total. The van der Waals surface area contributed by atoms with E-state index in [2.05, 4.69) is 27.6 Å². The lowest BCUT2D eigenvalue weighted by Gasteiger charge is -2.08. The zero-order valence-corrected chi connectivity index (χ0v) is 9.80. The second kappa shape index (κ2) is 4.08. The fourth-order valence-electron chi connectivity index (χ4n) is 2.01. The molecule has 1 aliphatic rings. The third kappa shape index (κ3) is 2.14. The summed E-state index contributed by atoms with van der Waals surface area (Å²) in [6.07, 6.45) is 1.01. The van der Waals surface area contributed by atoms with E-state index in [1.165, 1.54) is 5.56 Å². The number of ether oxygens (including phenoxy) is 1. The number of rotatable bonds is 2. The van der Waals surface area contributed by atoms with E-state index in [1.54, 1.807) is 12.1 Å². The number of hydrogen-bond donors (Lipinski definition) is 0. The number of halogens is 3. The largest absolute Gasteiger partial charge is 0.435 e. The highest BCUT2D eigenvalue weighted by molar-refractivity contribution is 9.09. The Morgan fingerprint density at radius 1 is 1.40 bits per heavy atom. The molecule has 0 bridgehead atoms. The first kappa shape index (κ1) is 10.9. The molecule has 0 aliphatic heterocycles. The first-order chi connectivity index (χ1) is 7.08. The summed E-state index contributed by atoms with van der Waals surface area (Å²) in [7, 11) is 0. The van der Waals surface area contributed by atoms with Crippen molar-refractivity contribution >= 4 is 15.9 Å². The summed E-state index contributed by atoms with van der Waals surface area (Å²) >= 11 is 3.53. The first-order valence-corrected chi connectivity index (χ1v) is 5.72. The summed E-state index contributed by atoms with van der Waals surface area (Å²) in [6.45, 7) is -0.621. The lowest BCUT2D eigenvalue weighted by atomic mass is 10.0. The van der Waals surface area contributed by atoms with E-state index < -0.39 is 6.61 Å². The predicted octanol–water partition coefficient (Wildman–Crippen LogP) is 4.23. The van der Waals surface area contributed by atoms with Gasteiger partial charge in [-0.2, -0.15) is 8.78 Å². The average Bonchev–Trinajstić information content (AvgIpc) is 2.41. The summed E-state index contributed by atoms with van der Waals surface area (Å²) in [5.41, 5.74) is 2.29. The maximum Gasteiger partial charge on any atom is 0.387 e. The van der Waals surface area contributed by atoms with Crippen molar-refractivity contribution < 1.29 is 13.5 Å². The molecule has 2 unspecified atom stereocenters. The van der Waals surface area contributed by atoms with E-state index in [4.69, 9.17) is 0 Å². The standard InChI is InChI=1S/C11H11BrF2O/c1-6-4-10(12)9-5-7(15-11(13)14)2-3-8(6)9/h2-3,5-6,10-11H,4H2,1H3. The maximum absolute atomic E-state index is 12.0. The van der Waals surface area contributed by atoms with Crippen molar-refractivity contribution in [3.63, 3.8) is 0 Å². The quantitative estimate of drug-likeness (QED) is 0.735. The van der Waals surface area contributed by atoms with Gasteiger partial charge in [-0.15, -0.1) is 0 Å². The summed E-state index contributed by atoms with van der Waals surface area (Å²) in [4.78, 5) is 0.253. The van der Waals surface area contributed by atoms with E-state index >= 15 is 0 Å². The van der Waals surface area contributed by atoms with Crippen LogP contribution >= 0.6 is 15.9 Å². The van der Waals surface area contributed by atoms with Crippen molar-refractivity contribution in [1.82, 2.24) is 0 Å². The molecule has 1 aromatic rings. The van der Waals surface area contributed by atoms with Crippen molar-refractivity contribution in [2.45, 2.75) is 30.7 Å². The Morgan fingerprint density at radius 2 is 2.13 bits per heavy atom. The fraction of sp³-hybridized carbons (Fsp3) is 0.455. The van der Waals surface area contributed by atoms with Crippen LogP contribution in [0.1, 0.15) is 35.2 Å². The van der Waals surface area contributed by atoms with Gasteiger partial charge in [0.05, 0.1) is 0 Å². The summed E-state index contributed by atoms with van der Waals surface area (Å²) in [5, 5.41) is 0. The van der Waals surface area contributed by atoms with Gasteiger partial charge in [0.2, 0.25) is 0 Å². The van der Waals surface area contributed by atoms with Crippen molar-refractivity contribution in [3.05, 3.63) is 29.3 Å². The molecule has 0 spiro atoms. The van der Waals surface area contributed by atoms with Gasteiger partial charge in [-0.25, -0.2) is 0 Å². The maximum atomic E-state index is 12.0. The Kier molecular flexibility index (Phi) is 2.96. The van der Waals surface area contributed by atoms with Crippen LogP contribution in [-0.4, -0.2) is 6.61 Å². The Balaban J connectivity index is 2.30. The highest BCUT2D eigenvalue weighted by atomic mass is 79.9. The molecular formula is C11H11BrF2O. The molecule has 2 atom stereocenters. The van der Waals surface area contributed by atoms with Gasteiger partial charge >= 0.3 is 6.61 Å². The second-order valence-corrected chi connectivity index (χ2v) is 4.88. The normalized spacial score (nSPS) is 24.3. The van der Waals surface area contributed by atoms with Gasteiger partial charge in [-0.3, -0.25) is 0 Å². The second-order valence-electron chi connectivity index (χ2n) is 3.77. The van der Waals surface area contributed by atoms with Crippen LogP contribution in [0.5, 0.6) is 5.75 Å². The van der Waals surface area contributed by atoms with Crippen molar-refractivity contribution in [2.75, 3.05) is 0 Å². The minimum Gasteiger partial charge on any atom is -0.435 e. The molecule has 4 heteroatoms. The van der Waals surface area contributed by atoms with Crippen LogP contribution < -0.4 is 4.74 Å². The number of alkyl halides is 3. The van der Waals surface area contributed by atoms with Gasteiger partial charge in [0.1, 0.15) is 5.75 Å². The molecule has 1 aliphatic carbocycles. The van der Waals surface area contributed by atoms with Crippen LogP contribution in [0, 0.1) is 0 Å². The predicted molar refractivity (Wildman–Crippen MR) is 57.8 cm³/mol. The Labute approximate surface area is 95.6 Å². The average molecular weight is 277 g/mol. The molecule has 0 fully saturated rings. The van der Waals surface area contributed by atoms with Gasteiger partial charge in [0.25, 0.3) is 0 Å². The minimum atomic E-state index is -2.75. The van der Waals surface area contributed by atoms with E-state index in [9.17, 15) is 8.78 Å². The van der Waals surface area contributed by atoms with E-state index in [-0.39, 0.29) is 10.6 Å². The van der Waals surface area contributed by atoms with Crippen molar-refractivity contribution in [1.29, 1.82) is 0 Å². The van der Waals surface area contributed by atoms with E-state index in [0.717, 1.165) is 12.0 Å². The van der Waals surface area contributed by atoms with Gasteiger partial charge < -0.3 is 4.74 Å². The lowest BCUT2D eigenvalue weighted by Crippen LogP contribution is -2.02. The van der Waals surface area contributed by atoms with Gasteiger partial charge in [-0.05, 0) is 35.6 Å². The Hall–Kier alpha value is -0.640. The monoisotopic (exact) mass is 276 g/mol. The van der Waals surface area contributed by atoms with Crippen LogP contribution in [0.25, 0.3) is 0 Å². The highest BCUT2D eigenvalue weighted by Gasteiger charge is 2.26. The molecule has 0 saturated heterocycles. The van der Waals surface area contributed by atoms with E-state index in [0.29, 0.717) is 5.92 Å². The molecule has 0 aromatic heterocycles. The van der Waals surface area contributed by atoms with Gasteiger partial charge in [0, 0.05) is 4.83 Å². The topological polar surface area (TPSA) is 9.23 Å². The van der Waals surface area contributed by atoms with Crippen molar-refractivity contribution in [2.24, 2.45) is 0 Å². The van der Waals surface area contributed by atoms with Crippen LogP contribution in [0.3, 0.4) is 0 Å². The van der Waals surface area contributed by atoms with Crippen LogP contribution in [0.4, 0.5) is 8.78 Å². The summed E-state index contributed by atoms with van der Waals surface area (Å²) in [5.74, 6) is 0.715. The molecular weight excluding hydrogens is 266 g/mol. The molecule has 0 heterocycles. The summed E-state index contributed by atoms with van der Waals surface area (Å²) in [6, 6.07) is 5.18. The summed E-state index contributed by atoms with van der Waals surface area (Å²) < 4.78 is 28.4.